The van der Waals surface area contributed by atoms with E-state index in [-0.39, 0.29) is 13.1 Å². The molecule has 8 heteroatoms. The fourth-order valence-electron chi connectivity index (χ4n) is 1.68. The Morgan fingerprint density at radius 2 is 1.86 bits per heavy atom. The van der Waals surface area contributed by atoms with E-state index in [0.29, 0.717) is 5.75 Å². The Balaban J connectivity index is 2.81. The highest BCUT2D eigenvalue weighted by molar-refractivity contribution is 7.86. The van der Waals surface area contributed by atoms with Gasteiger partial charge in [0.2, 0.25) is 0 Å². The van der Waals surface area contributed by atoms with Gasteiger partial charge in [-0.25, -0.2) is 0 Å². The normalized spacial score (nSPS) is 11.7. The van der Waals surface area contributed by atoms with Crippen LogP contribution in [-0.4, -0.2) is 57.9 Å². The molecule has 0 aliphatic carbocycles. The molecular weight excluding hydrogens is 296 g/mol. The molecule has 0 aliphatic rings. The topological polar surface area (TPSA) is 76.2 Å². The minimum atomic E-state index is -3.74. The molecule has 7 nitrogen and oxygen atoms in total. The molecule has 0 bridgehead atoms. The van der Waals surface area contributed by atoms with Crippen molar-refractivity contribution in [3.05, 3.63) is 29.8 Å². The van der Waals surface area contributed by atoms with E-state index in [9.17, 15) is 13.2 Å². The summed E-state index contributed by atoms with van der Waals surface area (Å²) in [5.74, 6) is 0.0390. The van der Waals surface area contributed by atoms with Gasteiger partial charge in [-0.3, -0.25) is 4.79 Å². The summed E-state index contributed by atoms with van der Waals surface area (Å²) < 4.78 is 36.2. The van der Waals surface area contributed by atoms with Gasteiger partial charge in [0.05, 0.1) is 14.2 Å². The van der Waals surface area contributed by atoms with Gasteiger partial charge in [0.25, 0.3) is 10.2 Å². The fourth-order valence-corrected chi connectivity index (χ4v) is 2.73. The molecule has 0 radical (unpaired) electrons. The van der Waals surface area contributed by atoms with Crippen LogP contribution < -0.4 is 4.74 Å². The number of hydrogen-bond donors (Lipinski definition) is 0. The van der Waals surface area contributed by atoms with Gasteiger partial charge in [-0.2, -0.15) is 17.0 Å². The highest BCUT2D eigenvalue weighted by Gasteiger charge is 2.25. The molecule has 0 saturated heterocycles. The average Bonchev–Trinajstić information content (AvgIpc) is 2.46. The molecule has 0 aliphatic heterocycles. The molecule has 0 atom stereocenters. The second-order valence-electron chi connectivity index (χ2n) is 4.45. The Kier molecular flexibility index (Phi) is 6.13. The van der Waals surface area contributed by atoms with E-state index in [1.54, 1.807) is 31.4 Å². The quantitative estimate of drug-likeness (QED) is 0.684. The Morgan fingerprint density at radius 3 is 2.43 bits per heavy atom. The number of carbonyl (C=O) groups is 1. The number of methoxy groups -OCH3 is 2. The zero-order valence-corrected chi connectivity index (χ0v) is 13.4. The highest BCUT2D eigenvalue weighted by atomic mass is 32.2. The zero-order valence-electron chi connectivity index (χ0n) is 12.6. The second-order valence-corrected chi connectivity index (χ2v) is 6.59. The summed E-state index contributed by atoms with van der Waals surface area (Å²) in [6.07, 6.45) is 0. The number of rotatable bonds is 7. The predicted molar refractivity (Wildman–Crippen MR) is 78.0 cm³/mol. The van der Waals surface area contributed by atoms with Crippen LogP contribution in [0.4, 0.5) is 0 Å². The molecule has 0 unspecified atom stereocenters. The first-order valence-corrected chi connectivity index (χ1v) is 7.58. The SMILES string of the molecule is COC(=O)CN(C)S(=O)(=O)N(C)Cc1cccc(OC)c1. The maximum atomic E-state index is 12.3. The summed E-state index contributed by atoms with van der Waals surface area (Å²) in [7, 11) is 1.79. The average molecular weight is 316 g/mol. The molecule has 1 aromatic carbocycles. The Labute approximate surface area is 125 Å². The van der Waals surface area contributed by atoms with Gasteiger partial charge >= 0.3 is 5.97 Å². The molecule has 0 heterocycles. The fraction of sp³-hybridized carbons (Fsp3) is 0.462. The van der Waals surface area contributed by atoms with Crippen molar-refractivity contribution in [1.82, 2.24) is 8.61 Å². The largest absolute Gasteiger partial charge is 0.497 e. The van der Waals surface area contributed by atoms with Gasteiger partial charge in [0, 0.05) is 20.6 Å². The Morgan fingerprint density at radius 1 is 1.19 bits per heavy atom. The van der Waals surface area contributed by atoms with Gasteiger partial charge in [-0.15, -0.1) is 0 Å². The summed E-state index contributed by atoms with van der Waals surface area (Å²) in [6, 6.07) is 7.12. The predicted octanol–water partition coefficient (Wildman–Crippen LogP) is 0.477. The van der Waals surface area contributed by atoms with Crippen molar-refractivity contribution < 1.29 is 22.7 Å². The summed E-state index contributed by atoms with van der Waals surface area (Å²) in [6.45, 7) is -0.160. The van der Waals surface area contributed by atoms with Crippen LogP contribution >= 0.6 is 0 Å². The second kappa shape index (κ2) is 7.39. The summed E-state index contributed by atoms with van der Waals surface area (Å²) in [4.78, 5) is 11.2. The van der Waals surface area contributed by atoms with Crippen LogP contribution in [0.1, 0.15) is 5.56 Å². The number of nitrogens with zero attached hydrogens (tertiary/aromatic N) is 2. The van der Waals surface area contributed by atoms with Crippen molar-refractivity contribution in [2.75, 3.05) is 34.9 Å². The van der Waals surface area contributed by atoms with E-state index in [2.05, 4.69) is 4.74 Å². The van der Waals surface area contributed by atoms with E-state index >= 15 is 0 Å². The van der Waals surface area contributed by atoms with Crippen molar-refractivity contribution in [2.45, 2.75) is 6.54 Å². The van der Waals surface area contributed by atoms with Crippen molar-refractivity contribution in [3.63, 3.8) is 0 Å². The molecule has 0 fully saturated rings. The zero-order chi connectivity index (χ0) is 16.0. The van der Waals surface area contributed by atoms with E-state index in [1.807, 2.05) is 0 Å². The van der Waals surface area contributed by atoms with Crippen LogP contribution in [0, 0.1) is 0 Å². The van der Waals surface area contributed by atoms with Gasteiger partial charge in [-0.05, 0) is 17.7 Å². The van der Waals surface area contributed by atoms with Crippen molar-refractivity contribution in [3.8, 4) is 5.75 Å². The molecular formula is C13H20N2O5S. The molecule has 0 spiro atoms. The first kappa shape index (κ1) is 17.4. The van der Waals surface area contributed by atoms with Crippen LogP contribution in [0.3, 0.4) is 0 Å². The molecule has 21 heavy (non-hydrogen) atoms. The first-order chi connectivity index (χ1) is 9.81. The first-order valence-electron chi connectivity index (χ1n) is 6.18. The smallest absolute Gasteiger partial charge is 0.321 e. The van der Waals surface area contributed by atoms with Gasteiger partial charge in [-0.1, -0.05) is 12.1 Å². The molecule has 1 rings (SSSR count). The van der Waals surface area contributed by atoms with Gasteiger partial charge < -0.3 is 9.47 Å². The lowest BCUT2D eigenvalue weighted by molar-refractivity contribution is -0.140. The highest BCUT2D eigenvalue weighted by Crippen LogP contribution is 2.16. The maximum Gasteiger partial charge on any atom is 0.321 e. The van der Waals surface area contributed by atoms with Crippen LogP contribution in [0.15, 0.2) is 24.3 Å². The third-order valence-electron chi connectivity index (χ3n) is 2.91. The van der Waals surface area contributed by atoms with E-state index in [0.717, 1.165) is 14.2 Å². The summed E-state index contributed by atoms with van der Waals surface area (Å²) in [5, 5.41) is 0. The van der Waals surface area contributed by atoms with Crippen molar-refractivity contribution >= 4 is 16.2 Å². The third-order valence-corrected chi connectivity index (χ3v) is 4.74. The van der Waals surface area contributed by atoms with E-state index < -0.39 is 16.2 Å². The summed E-state index contributed by atoms with van der Waals surface area (Å²) in [5.41, 5.74) is 0.784. The van der Waals surface area contributed by atoms with Crippen LogP contribution in [0.2, 0.25) is 0 Å². The van der Waals surface area contributed by atoms with Crippen LogP contribution in [0.25, 0.3) is 0 Å². The lowest BCUT2D eigenvalue weighted by Gasteiger charge is -2.23. The minimum absolute atomic E-state index is 0.172. The molecule has 0 aromatic heterocycles. The molecule has 118 valence electrons. The molecule has 0 saturated carbocycles. The van der Waals surface area contributed by atoms with E-state index in [1.165, 1.54) is 21.2 Å². The lowest BCUT2D eigenvalue weighted by Crippen LogP contribution is -2.41. The van der Waals surface area contributed by atoms with Gasteiger partial charge in [0.15, 0.2) is 0 Å². The third kappa shape index (κ3) is 4.69. The molecule has 0 N–H and O–H groups in total. The van der Waals surface area contributed by atoms with E-state index in [4.69, 9.17) is 4.74 Å². The number of benzene rings is 1. The van der Waals surface area contributed by atoms with Crippen LogP contribution in [-0.2, 0) is 26.3 Å². The Hall–Kier alpha value is -1.64. The lowest BCUT2D eigenvalue weighted by atomic mass is 10.2. The number of hydrogen-bond acceptors (Lipinski definition) is 5. The number of esters is 1. The molecule has 1 aromatic rings. The van der Waals surface area contributed by atoms with Crippen molar-refractivity contribution in [1.29, 1.82) is 0 Å². The standard InChI is InChI=1S/C13H20N2O5S/c1-14(9-11-6-5-7-12(8-11)19-3)21(17,18)15(2)10-13(16)20-4/h5-8H,9-10H2,1-4H3. The minimum Gasteiger partial charge on any atom is -0.497 e. The number of carbonyl (C=O) groups excluding carboxylic acids is 1. The number of ether oxygens (including phenoxy) is 2. The summed E-state index contributed by atoms with van der Waals surface area (Å²) >= 11 is 0. The number of likely N-dealkylation sites (N-methyl/N-ethyl adjacent to an activating group) is 1. The monoisotopic (exact) mass is 316 g/mol. The van der Waals surface area contributed by atoms with Crippen molar-refractivity contribution in [2.24, 2.45) is 0 Å². The Bertz CT molecular complexity index is 588. The molecule has 0 amide bonds. The van der Waals surface area contributed by atoms with Gasteiger partial charge in [0.1, 0.15) is 12.3 Å². The van der Waals surface area contributed by atoms with Crippen LogP contribution in [0.5, 0.6) is 5.75 Å². The maximum absolute atomic E-state index is 12.3.